The molecule has 1 atom stereocenters. The second-order valence-electron chi connectivity index (χ2n) is 3.97. The van der Waals surface area contributed by atoms with Gasteiger partial charge in [-0.2, -0.15) is 0 Å². The first-order chi connectivity index (χ1) is 8.22. The van der Waals surface area contributed by atoms with Crippen LogP contribution in [0.2, 0.25) is 0 Å². The largest absolute Gasteiger partial charge is 0.391 e. The average molecular weight is 233 g/mol. The highest BCUT2D eigenvalue weighted by Gasteiger charge is 2.07. The Hall–Kier alpha value is -1.61. The van der Waals surface area contributed by atoms with E-state index in [4.69, 9.17) is 0 Å². The van der Waals surface area contributed by atoms with Crippen molar-refractivity contribution in [1.82, 2.24) is 5.32 Å². The van der Waals surface area contributed by atoms with Crippen molar-refractivity contribution < 1.29 is 9.90 Å². The summed E-state index contributed by atoms with van der Waals surface area (Å²) in [7, 11) is 0. The van der Waals surface area contributed by atoms with Crippen molar-refractivity contribution in [1.29, 1.82) is 0 Å². The van der Waals surface area contributed by atoms with Gasteiger partial charge in [-0.25, -0.2) is 0 Å². The Balaban J connectivity index is 2.23. The van der Waals surface area contributed by atoms with Crippen LogP contribution in [-0.4, -0.2) is 23.7 Å². The SMILES string of the molecule is C=CCCC(=O)NC[C@H](O)Cc1ccccc1. The quantitative estimate of drug-likeness (QED) is 0.704. The van der Waals surface area contributed by atoms with Gasteiger partial charge in [0.15, 0.2) is 0 Å². The molecule has 1 amide bonds. The van der Waals surface area contributed by atoms with Crippen molar-refractivity contribution in [2.75, 3.05) is 6.54 Å². The molecule has 92 valence electrons. The van der Waals surface area contributed by atoms with Crippen LogP contribution in [0.4, 0.5) is 0 Å². The van der Waals surface area contributed by atoms with Gasteiger partial charge in [-0.15, -0.1) is 6.58 Å². The Labute approximate surface area is 102 Å². The topological polar surface area (TPSA) is 49.3 Å². The summed E-state index contributed by atoms with van der Waals surface area (Å²) in [6, 6.07) is 9.73. The molecule has 0 unspecified atom stereocenters. The molecule has 0 spiro atoms. The van der Waals surface area contributed by atoms with Gasteiger partial charge in [0.1, 0.15) is 0 Å². The van der Waals surface area contributed by atoms with Crippen LogP contribution in [-0.2, 0) is 11.2 Å². The Morgan fingerprint density at radius 2 is 2.12 bits per heavy atom. The summed E-state index contributed by atoms with van der Waals surface area (Å²) in [6.45, 7) is 3.85. The lowest BCUT2D eigenvalue weighted by molar-refractivity contribution is -0.121. The minimum Gasteiger partial charge on any atom is -0.391 e. The van der Waals surface area contributed by atoms with Crippen LogP contribution in [0.1, 0.15) is 18.4 Å². The van der Waals surface area contributed by atoms with E-state index in [2.05, 4.69) is 11.9 Å². The molecule has 1 aromatic rings. The number of amides is 1. The molecule has 0 saturated carbocycles. The highest BCUT2D eigenvalue weighted by atomic mass is 16.3. The molecule has 0 bridgehead atoms. The van der Waals surface area contributed by atoms with E-state index in [1.54, 1.807) is 6.08 Å². The lowest BCUT2D eigenvalue weighted by Crippen LogP contribution is -2.32. The van der Waals surface area contributed by atoms with Gasteiger partial charge in [-0.1, -0.05) is 36.4 Å². The van der Waals surface area contributed by atoms with E-state index in [9.17, 15) is 9.90 Å². The predicted octanol–water partition coefficient (Wildman–Crippen LogP) is 1.67. The van der Waals surface area contributed by atoms with Gasteiger partial charge < -0.3 is 10.4 Å². The summed E-state index contributed by atoms with van der Waals surface area (Å²) >= 11 is 0. The molecule has 0 saturated heterocycles. The van der Waals surface area contributed by atoms with E-state index >= 15 is 0 Å². The molecule has 0 aliphatic heterocycles. The lowest BCUT2D eigenvalue weighted by Gasteiger charge is -2.11. The second-order valence-corrected chi connectivity index (χ2v) is 3.97. The van der Waals surface area contributed by atoms with Gasteiger partial charge in [0.05, 0.1) is 6.10 Å². The first-order valence-corrected chi connectivity index (χ1v) is 5.82. The standard InChI is InChI=1S/C14H19NO2/c1-2-3-9-14(17)15-11-13(16)10-12-7-5-4-6-8-12/h2,4-8,13,16H,1,3,9-11H2,(H,15,17)/t13-/m1/s1. The van der Waals surface area contributed by atoms with E-state index in [0.29, 0.717) is 25.8 Å². The monoisotopic (exact) mass is 233 g/mol. The van der Waals surface area contributed by atoms with Crippen LogP contribution in [0.25, 0.3) is 0 Å². The average Bonchev–Trinajstić information content (AvgIpc) is 2.35. The van der Waals surface area contributed by atoms with Crippen LogP contribution in [0, 0.1) is 0 Å². The molecule has 0 aliphatic rings. The van der Waals surface area contributed by atoms with Gasteiger partial charge in [-0.05, 0) is 12.0 Å². The molecular weight excluding hydrogens is 214 g/mol. The molecule has 3 nitrogen and oxygen atoms in total. The van der Waals surface area contributed by atoms with E-state index in [-0.39, 0.29) is 5.91 Å². The zero-order valence-corrected chi connectivity index (χ0v) is 9.93. The zero-order chi connectivity index (χ0) is 12.5. The molecule has 17 heavy (non-hydrogen) atoms. The fourth-order valence-electron chi connectivity index (χ4n) is 1.51. The maximum Gasteiger partial charge on any atom is 0.220 e. The Kier molecular flexibility index (Phi) is 6.04. The molecule has 1 rings (SSSR count). The number of carbonyl (C=O) groups excluding carboxylic acids is 1. The number of aliphatic hydroxyl groups excluding tert-OH is 1. The van der Waals surface area contributed by atoms with E-state index < -0.39 is 6.10 Å². The zero-order valence-electron chi connectivity index (χ0n) is 9.93. The number of benzene rings is 1. The first kappa shape index (κ1) is 13.5. The van der Waals surface area contributed by atoms with Crippen molar-refractivity contribution in [3.05, 3.63) is 48.6 Å². The summed E-state index contributed by atoms with van der Waals surface area (Å²) in [5, 5.41) is 12.4. The molecule has 0 aliphatic carbocycles. The van der Waals surface area contributed by atoms with Crippen molar-refractivity contribution in [3.8, 4) is 0 Å². The molecule has 0 radical (unpaired) electrons. The highest BCUT2D eigenvalue weighted by molar-refractivity contribution is 5.75. The van der Waals surface area contributed by atoms with Crippen molar-refractivity contribution in [3.63, 3.8) is 0 Å². The molecule has 0 fully saturated rings. The summed E-state index contributed by atoms with van der Waals surface area (Å²) in [5.74, 6) is -0.0444. The fourth-order valence-corrected chi connectivity index (χ4v) is 1.51. The number of aliphatic hydroxyl groups is 1. The van der Waals surface area contributed by atoms with Gasteiger partial charge in [0.2, 0.25) is 5.91 Å². The van der Waals surface area contributed by atoms with Gasteiger partial charge in [0, 0.05) is 19.4 Å². The van der Waals surface area contributed by atoms with Gasteiger partial charge >= 0.3 is 0 Å². The van der Waals surface area contributed by atoms with E-state index in [1.807, 2.05) is 30.3 Å². The second kappa shape index (κ2) is 7.63. The Morgan fingerprint density at radius 3 is 2.76 bits per heavy atom. The number of nitrogens with one attached hydrogen (secondary N) is 1. The van der Waals surface area contributed by atoms with Crippen molar-refractivity contribution >= 4 is 5.91 Å². The summed E-state index contributed by atoms with van der Waals surface area (Å²) in [6.07, 6.45) is 2.83. The van der Waals surface area contributed by atoms with Gasteiger partial charge in [0.25, 0.3) is 0 Å². The molecule has 0 aromatic heterocycles. The Morgan fingerprint density at radius 1 is 1.41 bits per heavy atom. The van der Waals surface area contributed by atoms with Crippen LogP contribution < -0.4 is 5.32 Å². The number of rotatable bonds is 7. The minimum atomic E-state index is -0.537. The maximum absolute atomic E-state index is 11.3. The summed E-state index contributed by atoms with van der Waals surface area (Å²) < 4.78 is 0. The predicted molar refractivity (Wildman–Crippen MR) is 68.6 cm³/mol. The number of allylic oxidation sites excluding steroid dienone is 1. The molecule has 1 aromatic carbocycles. The van der Waals surface area contributed by atoms with Crippen molar-refractivity contribution in [2.45, 2.75) is 25.4 Å². The number of hydrogen-bond acceptors (Lipinski definition) is 2. The molecule has 2 N–H and O–H groups in total. The molecule has 3 heteroatoms. The molecular formula is C14H19NO2. The van der Waals surface area contributed by atoms with Crippen molar-refractivity contribution in [2.24, 2.45) is 0 Å². The van der Waals surface area contributed by atoms with Crippen LogP contribution >= 0.6 is 0 Å². The fraction of sp³-hybridized carbons (Fsp3) is 0.357. The third-order valence-corrected chi connectivity index (χ3v) is 2.42. The van der Waals surface area contributed by atoms with Crippen LogP contribution in [0.3, 0.4) is 0 Å². The highest BCUT2D eigenvalue weighted by Crippen LogP contribution is 2.02. The Bertz CT molecular complexity index is 348. The lowest BCUT2D eigenvalue weighted by atomic mass is 10.1. The van der Waals surface area contributed by atoms with Gasteiger partial charge in [-0.3, -0.25) is 4.79 Å². The summed E-state index contributed by atoms with van der Waals surface area (Å²) in [4.78, 5) is 11.3. The van der Waals surface area contributed by atoms with E-state index in [1.165, 1.54) is 0 Å². The number of carbonyl (C=O) groups is 1. The number of hydrogen-bond donors (Lipinski definition) is 2. The molecule has 0 heterocycles. The van der Waals surface area contributed by atoms with E-state index in [0.717, 1.165) is 5.56 Å². The summed E-state index contributed by atoms with van der Waals surface area (Å²) in [5.41, 5.74) is 1.07. The van der Waals surface area contributed by atoms with Crippen LogP contribution in [0.15, 0.2) is 43.0 Å². The third kappa shape index (κ3) is 5.88. The normalized spacial score (nSPS) is 11.8. The third-order valence-electron chi connectivity index (χ3n) is 2.42. The maximum atomic E-state index is 11.3. The smallest absolute Gasteiger partial charge is 0.220 e. The van der Waals surface area contributed by atoms with Crippen LogP contribution in [0.5, 0.6) is 0 Å². The minimum absolute atomic E-state index is 0.0444. The first-order valence-electron chi connectivity index (χ1n) is 5.82.